The number of hydrogen-bond acceptors (Lipinski definition) is 1. The molecule has 2 rings (SSSR count). The first-order valence-electron chi connectivity index (χ1n) is 6.83. The topological polar surface area (TPSA) is 12.0 Å². The highest BCUT2D eigenvalue weighted by Crippen LogP contribution is 2.23. The predicted octanol–water partition coefficient (Wildman–Crippen LogP) is 5.19. The molecule has 0 spiro atoms. The van der Waals surface area contributed by atoms with E-state index in [1.807, 2.05) is 0 Å². The smallest absolute Gasteiger partial charge is 0.0407 e. The number of benzene rings is 2. The number of para-hydroxylation sites is 1. The minimum atomic E-state index is 0.865. The molecule has 2 heteroatoms. The van der Waals surface area contributed by atoms with Gasteiger partial charge in [-0.3, -0.25) is 0 Å². The van der Waals surface area contributed by atoms with Crippen molar-refractivity contribution >= 4 is 21.6 Å². The molecule has 0 heterocycles. The zero-order valence-electron chi connectivity index (χ0n) is 11.5. The molecule has 0 bridgehead atoms. The largest absolute Gasteiger partial charge is 0.381 e. The second kappa shape index (κ2) is 6.76. The van der Waals surface area contributed by atoms with Crippen molar-refractivity contribution in [3.8, 4) is 0 Å². The standard InChI is InChI=1S/C17H20BrN/c1-3-14-8-6-9-15(4-2)17(14)19-12-13-7-5-10-16(18)11-13/h5-11,19H,3-4,12H2,1-2H3. The van der Waals surface area contributed by atoms with E-state index in [0.717, 1.165) is 23.9 Å². The molecule has 1 nitrogen and oxygen atoms in total. The molecular weight excluding hydrogens is 298 g/mol. The van der Waals surface area contributed by atoms with Crippen LogP contribution in [-0.4, -0.2) is 0 Å². The average molecular weight is 318 g/mol. The molecule has 0 unspecified atom stereocenters. The third kappa shape index (κ3) is 3.60. The van der Waals surface area contributed by atoms with Gasteiger partial charge in [0.05, 0.1) is 0 Å². The maximum absolute atomic E-state index is 3.61. The number of anilines is 1. The predicted molar refractivity (Wildman–Crippen MR) is 86.7 cm³/mol. The summed E-state index contributed by atoms with van der Waals surface area (Å²) in [5.41, 5.74) is 5.40. The molecule has 0 aliphatic rings. The lowest BCUT2D eigenvalue weighted by Crippen LogP contribution is -2.05. The summed E-state index contributed by atoms with van der Waals surface area (Å²) in [5.74, 6) is 0. The average Bonchev–Trinajstić information content (AvgIpc) is 2.44. The molecule has 0 saturated carbocycles. The van der Waals surface area contributed by atoms with E-state index in [9.17, 15) is 0 Å². The summed E-state index contributed by atoms with van der Waals surface area (Å²) in [5, 5.41) is 3.61. The maximum Gasteiger partial charge on any atom is 0.0407 e. The Morgan fingerprint density at radius 2 is 1.58 bits per heavy atom. The summed E-state index contributed by atoms with van der Waals surface area (Å²) in [6.45, 7) is 5.28. The number of hydrogen-bond donors (Lipinski definition) is 1. The molecular formula is C17H20BrN. The minimum absolute atomic E-state index is 0.865. The molecule has 2 aromatic rings. The molecule has 0 radical (unpaired) electrons. The fourth-order valence-corrected chi connectivity index (χ4v) is 2.75. The minimum Gasteiger partial charge on any atom is -0.381 e. The molecule has 0 aliphatic heterocycles. The number of rotatable bonds is 5. The lowest BCUT2D eigenvalue weighted by molar-refractivity contribution is 1.05. The molecule has 0 fully saturated rings. The van der Waals surface area contributed by atoms with Gasteiger partial charge >= 0.3 is 0 Å². The molecule has 1 N–H and O–H groups in total. The first kappa shape index (κ1) is 14.1. The Hall–Kier alpha value is -1.28. The summed E-state index contributed by atoms with van der Waals surface area (Å²) >= 11 is 3.52. The van der Waals surface area contributed by atoms with Gasteiger partial charge < -0.3 is 5.32 Å². The number of halogens is 1. The van der Waals surface area contributed by atoms with Gasteiger partial charge in [-0.1, -0.05) is 60.1 Å². The Morgan fingerprint density at radius 1 is 0.947 bits per heavy atom. The first-order chi connectivity index (χ1) is 9.24. The summed E-state index contributed by atoms with van der Waals surface area (Å²) in [6.07, 6.45) is 2.13. The zero-order chi connectivity index (χ0) is 13.7. The van der Waals surface area contributed by atoms with E-state index in [4.69, 9.17) is 0 Å². The van der Waals surface area contributed by atoms with Gasteiger partial charge in [0.2, 0.25) is 0 Å². The van der Waals surface area contributed by atoms with Crippen LogP contribution in [0.4, 0.5) is 5.69 Å². The van der Waals surface area contributed by atoms with E-state index >= 15 is 0 Å². The Bertz CT molecular complexity index is 526. The molecule has 0 saturated heterocycles. The van der Waals surface area contributed by atoms with E-state index in [1.165, 1.54) is 22.4 Å². The molecule has 0 amide bonds. The third-order valence-electron chi connectivity index (χ3n) is 3.36. The SMILES string of the molecule is CCc1cccc(CC)c1NCc1cccc(Br)c1. The van der Waals surface area contributed by atoms with Crippen LogP contribution in [0.2, 0.25) is 0 Å². The van der Waals surface area contributed by atoms with Gasteiger partial charge in [0, 0.05) is 16.7 Å². The van der Waals surface area contributed by atoms with Gasteiger partial charge in [-0.05, 0) is 41.7 Å². The summed E-state index contributed by atoms with van der Waals surface area (Å²) in [4.78, 5) is 0. The van der Waals surface area contributed by atoms with E-state index in [-0.39, 0.29) is 0 Å². The molecule has 19 heavy (non-hydrogen) atoms. The van der Waals surface area contributed by atoms with Crippen molar-refractivity contribution in [2.75, 3.05) is 5.32 Å². The highest BCUT2D eigenvalue weighted by molar-refractivity contribution is 9.10. The summed E-state index contributed by atoms with van der Waals surface area (Å²) in [7, 11) is 0. The number of aryl methyl sites for hydroxylation is 2. The summed E-state index contributed by atoms with van der Waals surface area (Å²) in [6, 6.07) is 15.0. The Balaban J connectivity index is 2.19. The fourth-order valence-electron chi connectivity index (χ4n) is 2.31. The lowest BCUT2D eigenvalue weighted by Gasteiger charge is -2.15. The Morgan fingerprint density at radius 3 is 2.16 bits per heavy atom. The van der Waals surface area contributed by atoms with Crippen LogP contribution in [0.1, 0.15) is 30.5 Å². The van der Waals surface area contributed by atoms with Crippen molar-refractivity contribution in [2.24, 2.45) is 0 Å². The quantitative estimate of drug-likeness (QED) is 0.800. The van der Waals surface area contributed by atoms with Crippen LogP contribution in [0.5, 0.6) is 0 Å². The highest BCUT2D eigenvalue weighted by Gasteiger charge is 2.05. The second-order valence-electron chi connectivity index (χ2n) is 4.64. The molecule has 0 atom stereocenters. The van der Waals surface area contributed by atoms with Gasteiger partial charge in [-0.2, -0.15) is 0 Å². The molecule has 0 aromatic heterocycles. The van der Waals surface area contributed by atoms with Crippen LogP contribution in [0.3, 0.4) is 0 Å². The highest BCUT2D eigenvalue weighted by atomic mass is 79.9. The van der Waals surface area contributed by atoms with Crippen molar-refractivity contribution in [2.45, 2.75) is 33.2 Å². The van der Waals surface area contributed by atoms with Crippen LogP contribution in [-0.2, 0) is 19.4 Å². The van der Waals surface area contributed by atoms with Gasteiger partial charge in [0.1, 0.15) is 0 Å². The summed E-state index contributed by atoms with van der Waals surface area (Å²) < 4.78 is 1.13. The van der Waals surface area contributed by atoms with Crippen LogP contribution < -0.4 is 5.32 Å². The van der Waals surface area contributed by atoms with E-state index < -0.39 is 0 Å². The Labute approximate surface area is 124 Å². The van der Waals surface area contributed by atoms with Crippen molar-refractivity contribution in [1.29, 1.82) is 0 Å². The van der Waals surface area contributed by atoms with Crippen LogP contribution >= 0.6 is 15.9 Å². The van der Waals surface area contributed by atoms with E-state index in [2.05, 4.69) is 77.6 Å². The van der Waals surface area contributed by atoms with Gasteiger partial charge in [-0.15, -0.1) is 0 Å². The maximum atomic E-state index is 3.61. The molecule has 0 aliphatic carbocycles. The van der Waals surface area contributed by atoms with Gasteiger partial charge in [0.25, 0.3) is 0 Å². The van der Waals surface area contributed by atoms with Gasteiger partial charge in [0.15, 0.2) is 0 Å². The molecule has 100 valence electrons. The van der Waals surface area contributed by atoms with E-state index in [1.54, 1.807) is 0 Å². The van der Waals surface area contributed by atoms with Crippen molar-refractivity contribution in [3.05, 3.63) is 63.6 Å². The Kier molecular flexibility index (Phi) is 5.03. The van der Waals surface area contributed by atoms with Crippen LogP contribution in [0.25, 0.3) is 0 Å². The van der Waals surface area contributed by atoms with Gasteiger partial charge in [-0.25, -0.2) is 0 Å². The lowest BCUT2D eigenvalue weighted by atomic mass is 10.0. The van der Waals surface area contributed by atoms with Crippen molar-refractivity contribution in [3.63, 3.8) is 0 Å². The monoisotopic (exact) mass is 317 g/mol. The zero-order valence-corrected chi connectivity index (χ0v) is 13.1. The first-order valence-corrected chi connectivity index (χ1v) is 7.63. The second-order valence-corrected chi connectivity index (χ2v) is 5.56. The fraction of sp³-hybridized carbons (Fsp3) is 0.294. The van der Waals surface area contributed by atoms with Crippen LogP contribution in [0.15, 0.2) is 46.9 Å². The van der Waals surface area contributed by atoms with E-state index in [0.29, 0.717) is 0 Å². The number of nitrogens with one attached hydrogen (secondary N) is 1. The molecule has 2 aromatic carbocycles. The van der Waals surface area contributed by atoms with Crippen molar-refractivity contribution in [1.82, 2.24) is 0 Å². The van der Waals surface area contributed by atoms with Crippen molar-refractivity contribution < 1.29 is 0 Å². The third-order valence-corrected chi connectivity index (χ3v) is 3.85. The van der Waals surface area contributed by atoms with Crippen LogP contribution in [0, 0.1) is 0 Å². The normalized spacial score (nSPS) is 10.5.